The number of ether oxygens (including phenoxy) is 2. The molecular weight excluding hydrogens is 602 g/mol. The number of anilines is 1. The topological polar surface area (TPSA) is 116 Å². The first-order chi connectivity index (χ1) is 23.2. The van der Waals surface area contributed by atoms with Crippen LogP contribution in [0.3, 0.4) is 0 Å². The Bertz CT molecular complexity index is 1550. The summed E-state index contributed by atoms with van der Waals surface area (Å²) >= 11 is 0. The van der Waals surface area contributed by atoms with E-state index in [1.54, 1.807) is 0 Å². The van der Waals surface area contributed by atoms with Crippen LogP contribution in [0.15, 0.2) is 40.0 Å². The number of fused-ring (bicyclic) bond motifs is 1. The van der Waals surface area contributed by atoms with Gasteiger partial charge in [-0.15, -0.1) is 0 Å². The van der Waals surface area contributed by atoms with Crippen molar-refractivity contribution < 1.29 is 14.0 Å². The quantitative estimate of drug-likeness (QED) is 0.208. The van der Waals surface area contributed by atoms with Crippen LogP contribution in [0, 0.1) is 11.3 Å². The number of hydrogen-bond acceptors (Lipinski definition) is 10. The Morgan fingerprint density at radius 2 is 1.96 bits per heavy atom. The van der Waals surface area contributed by atoms with Crippen molar-refractivity contribution in [3.8, 4) is 6.07 Å². The van der Waals surface area contributed by atoms with E-state index < -0.39 is 0 Å². The van der Waals surface area contributed by atoms with Gasteiger partial charge in [0.2, 0.25) is 5.90 Å². The molecule has 2 unspecified atom stereocenters. The summed E-state index contributed by atoms with van der Waals surface area (Å²) in [6.07, 6.45) is 9.01. The summed E-state index contributed by atoms with van der Waals surface area (Å²) in [5, 5.41) is 14.5. The van der Waals surface area contributed by atoms with E-state index >= 15 is 0 Å². The van der Waals surface area contributed by atoms with E-state index in [0.29, 0.717) is 41.2 Å². The van der Waals surface area contributed by atoms with Crippen molar-refractivity contribution in [2.24, 2.45) is 4.99 Å². The van der Waals surface area contributed by atoms with Crippen LogP contribution in [0.1, 0.15) is 99.4 Å². The fourth-order valence-corrected chi connectivity index (χ4v) is 7.41. The molecule has 1 spiro atoms. The lowest BCUT2D eigenvalue weighted by molar-refractivity contribution is -0.156. The van der Waals surface area contributed by atoms with Crippen molar-refractivity contribution in [2.75, 3.05) is 65.8 Å². The zero-order valence-corrected chi connectivity index (χ0v) is 30.0. The number of aryl methyl sites for hydroxylation is 1. The largest absolute Gasteiger partial charge is 0.476 e. The fraction of sp³-hybridized carbons (Fsp3) is 0.605. The molecule has 3 fully saturated rings. The number of hydrogen-bond donors (Lipinski definition) is 1. The molecule has 0 bridgehead atoms. The molecule has 0 saturated carbocycles. The van der Waals surface area contributed by atoms with Crippen molar-refractivity contribution in [1.29, 1.82) is 5.26 Å². The second kappa shape index (κ2) is 15.7. The molecule has 0 amide bonds. The van der Waals surface area contributed by atoms with E-state index in [-0.39, 0.29) is 11.5 Å². The molecule has 1 aromatic heterocycles. The molecule has 48 heavy (non-hydrogen) atoms. The van der Waals surface area contributed by atoms with Crippen LogP contribution in [-0.2, 0) is 22.3 Å². The highest BCUT2D eigenvalue weighted by atomic mass is 16.5. The Labute approximate surface area is 287 Å². The molecule has 2 aromatic rings. The van der Waals surface area contributed by atoms with Gasteiger partial charge in [0.1, 0.15) is 24.1 Å². The first-order valence-electron chi connectivity index (χ1n) is 17.8. The summed E-state index contributed by atoms with van der Waals surface area (Å²) in [5.41, 5.74) is 12.7. The van der Waals surface area contributed by atoms with Gasteiger partial charge < -0.3 is 29.5 Å². The van der Waals surface area contributed by atoms with E-state index in [1.807, 2.05) is 18.2 Å². The highest BCUT2D eigenvalue weighted by Crippen LogP contribution is 2.43. The van der Waals surface area contributed by atoms with Gasteiger partial charge in [-0.25, -0.2) is 4.99 Å². The van der Waals surface area contributed by atoms with Gasteiger partial charge in [0, 0.05) is 54.6 Å². The number of piperazine rings is 1. The lowest BCUT2D eigenvalue weighted by Gasteiger charge is -2.54. The number of nitriles is 1. The van der Waals surface area contributed by atoms with Crippen molar-refractivity contribution in [1.82, 2.24) is 19.9 Å². The maximum absolute atomic E-state index is 10.0. The minimum atomic E-state index is -0.0873. The molecule has 3 saturated heterocycles. The van der Waals surface area contributed by atoms with E-state index in [4.69, 9.17) is 24.7 Å². The predicted octanol–water partition coefficient (Wildman–Crippen LogP) is 5.98. The van der Waals surface area contributed by atoms with Crippen molar-refractivity contribution in [3.63, 3.8) is 0 Å². The van der Waals surface area contributed by atoms with Gasteiger partial charge in [0.05, 0.1) is 30.0 Å². The zero-order valence-electron chi connectivity index (χ0n) is 30.0. The smallest absolute Gasteiger partial charge is 0.215 e. The Balaban J connectivity index is 0.00000145. The summed E-state index contributed by atoms with van der Waals surface area (Å²) in [5.74, 6) is 1.24. The summed E-state index contributed by atoms with van der Waals surface area (Å²) < 4.78 is 18.1. The van der Waals surface area contributed by atoms with Gasteiger partial charge in [-0.3, -0.25) is 4.90 Å². The Kier molecular flexibility index (Phi) is 11.7. The number of aromatic nitrogens is 1. The van der Waals surface area contributed by atoms with Gasteiger partial charge in [0.15, 0.2) is 0 Å². The second-order valence-corrected chi connectivity index (χ2v) is 13.9. The zero-order chi connectivity index (χ0) is 34.4. The minimum absolute atomic E-state index is 0.0739. The highest BCUT2D eigenvalue weighted by molar-refractivity contribution is 5.92. The van der Waals surface area contributed by atoms with Gasteiger partial charge in [-0.05, 0) is 83.3 Å². The molecule has 10 nitrogen and oxygen atoms in total. The van der Waals surface area contributed by atoms with Crippen LogP contribution >= 0.6 is 0 Å². The number of nitrogens with two attached hydrogens (primary N) is 1. The molecule has 3 aliphatic heterocycles. The van der Waals surface area contributed by atoms with Crippen LogP contribution in [0.4, 0.5) is 5.69 Å². The van der Waals surface area contributed by atoms with E-state index in [0.717, 1.165) is 99.6 Å². The van der Waals surface area contributed by atoms with Crippen LogP contribution in [0.2, 0.25) is 0 Å². The molecule has 260 valence electrons. The minimum Gasteiger partial charge on any atom is -0.476 e. The van der Waals surface area contributed by atoms with Crippen LogP contribution < -0.4 is 5.73 Å². The number of nitrogen functional groups attached to an aromatic ring is 1. The number of rotatable bonds is 8. The molecule has 2 atom stereocenters. The van der Waals surface area contributed by atoms with E-state index in [1.165, 1.54) is 12.8 Å². The average molecular weight is 658 g/mol. The first kappa shape index (κ1) is 35.7. The third-order valence-electron chi connectivity index (χ3n) is 10.5. The van der Waals surface area contributed by atoms with Crippen molar-refractivity contribution in [2.45, 2.75) is 90.1 Å². The second-order valence-electron chi connectivity index (χ2n) is 13.9. The van der Waals surface area contributed by atoms with Crippen molar-refractivity contribution in [3.05, 3.63) is 64.2 Å². The average Bonchev–Trinajstić information content (AvgIpc) is 3.69. The molecule has 10 heteroatoms. The number of likely N-dealkylation sites (N-methyl/N-ethyl adjacent to an activating group) is 2. The standard InChI is InChI=1S/C35H47N7O3.C3H8/c1-6-25-12-13-30(37)29(18-36)32(25)27-10-7-11-28-33(39-45-34(27)28)24(3)38-31(44-19-26-9-8-14-40(26)4)17-23(2)42-16-15-41(5)35(20-42)21-43-22-35;1-3-2/h12-13,17,26-27H,3,6-11,14-16,19-22,37H2,1-2,4-5H3;3H2,1-2H3/b23-17+,38-31?;. The molecule has 0 radical (unpaired) electrons. The third kappa shape index (κ3) is 7.34. The number of allylic oxidation sites excluding steroid dienone is 1. The normalized spacial score (nSPS) is 22.8. The lowest BCUT2D eigenvalue weighted by Crippen LogP contribution is -2.70. The van der Waals surface area contributed by atoms with Gasteiger partial charge in [-0.2, -0.15) is 5.26 Å². The molecule has 4 heterocycles. The third-order valence-corrected chi connectivity index (χ3v) is 10.5. The number of aliphatic imine (C=N–C) groups is 1. The monoisotopic (exact) mass is 657 g/mol. The van der Waals surface area contributed by atoms with Crippen LogP contribution in [0.5, 0.6) is 0 Å². The van der Waals surface area contributed by atoms with E-state index in [9.17, 15) is 5.26 Å². The van der Waals surface area contributed by atoms with E-state index in [2.05, 4.69) is 74.3 Å². The molecule has 2 N–H and O–H groups in total. The maximum Gasteiger partial charge on any atom is 0.215 e. The molecule has 6 rings (SSSR count). The summed E-state index contributed by atoms with van der Waals surface area (Å²) in [6, 6.07) is 6.57. The SMILES string of the molecule is C=C(N=C(/C=C(\C)N1CCN(C)C2(COC2)C1)OCC1CCCN1C)c1noc2c1CCCC2c1c(CC)ccc(N)c1C#N.CCC. The maximum atomic E-state index is 10.0. The summed E-state index contributed by atoms with van der Waals surface area (Å²) in [4.78, 5) is 12.2. The van der Waals surface area contributed by atoms with Crippen LogP contribution in [-0.4, -0.2) is 97.4 Å². The number of nitrogens with zero attached hydrogens (tertiary/aromatic N) is 6. The Morgan fingerprint density at radius 3 is 2.60 bits per heavy atom. The number of likely N-dealkylation sites (tertiary alicyclic amines) is 1. The van der Waals surface area contributed by atoms with Gasteiger partial charge in [0.25, 0.3) is 0 Å². The highest BCUT2D eigenvalue weighted by Gasteiger charge is 2.46. The molecule has 4 aliphatic rings. The van der Waals surface area contributed by atoms with Crippen molar-refractivity contribution >= 4 is 17.3 Å². The first-order valence-corrected chi connectivity index (χ1v) is 17.8. The number of benzene rings is 1. The van der Waals surface area contributed by atoms with Crippen LogP contribution in [0.25, 0.3) is 5.70 Å². The fourth-order valence-electron chi connectivity index (χ4n) is 7.41. The van der Waals surface area contributed by atoms with Gasteiger partial charge in [-0.1, -0.05) is 45.0 Å². The molecular formula is C38H55N7O3. The summed E-state index contributed by atoms with van der Waals surface area (Å²) in [6.45, 7) is 18.8. The predicted molar refractivity (Wildman–Crippen MR) is 192 cm³/mol. The lowest BCUT2D eigenvalue weighted by atomic mass is 9.78. The molecule has 1 aromatic carbocycles. The Morgan fingerprint density at radius 1 is 1.19 bits per heavy atom. The Hall–Kier alpha value is -3.65. The summed E-state index contributed by atoms with van der Waals surface area (Å²) in [7, 11) is 4.35. The van der Waals surface area contributed by atoms with Gasteiger partial charge >= 0.3 is 0 Å². The molecule has 1 aliphatic carbocycles.